The molecule has 0 spiro atoms. The molecule has 0 atom stereocenters. The molecule has 0 bridgehead atoms. The van der Waals surface area contributed by atoms with Crippen LogP contribution in [0.15, 0.2) is 24.3 Å². The Kier molecular flexibility index (Phi) is 4.69. The van der Waals surface area contributed by atoms with Gasteiger partial charge in [-0.1, -0.05) is 19.8 Å². The molecule has 19 heavy (non-hydrogen) atoms. The van der Waals surface area contributed by atoms with E-state index in [9.17, 15) is 8.42 Å². The van der Waals surface area contributed by atoms with Gasteiger partial charge in [0.1, 0.15) is 0 Å². The van der Waals surface area contributed by atoms with Gasteiger partial charge >= 0.3 is 0 Å². The molecule has 0 heterocycles. The van der Waals surface area contributed by atoms with Gasteiger partial charge < -0.3 is 5.32 Å². The lowest BCUT2D eigenvalue weighted by Crippen LogP contribution is -2.16. The first-order valence-corrected chi connectivity index (χ1v) is 8.61. The van der Waals surface area contributed by atoms with Gasteiger partial charge in [-0.25, -0.2) is 8.42 Å². The van der Waals surface area contributed by atoms with E-state index in [1.807, 2.05) is 31.2 Å². The van der Waals surface area contributed by atoms with Gasteiger partial charge in [-0.05, 0) is 43.5 Å². The lowest BCUT2D eigenvalue weighted by Gasteiger charge is -2.14. The maximum absolute atomic E-state index is 11.6. The fourth-order valence-electron chi connectivity index (χ4n) is 2.44. The summed E-state index contributed by atoms with van der Waals surface area (Å²) in [7, 11) is -3.19. The Bertz CT molecular complexity index is 491. The number of hydrogen-bond acceptors (Lipinski definition) is 3. The smallest absolute Gasteiger partial charge is 0.232 e. The van der Waals surface area contributed by atoms with Gasteiger partial charge in [-0.2, -0.15) is 0 Å². The molecular formula is C14H22N2O2S. The minimum atomic E-state index is -3.19. The summed E-state index contributed by atoms with van der Waals surface area (Å²) in [6.07, 6.45) is 5.67. The van der Waals surface area contributed by atoms with Gasteiger partial charge in [0, 0.05) is 17.4 Å². The van der Waals surface area contributed by atoms with Crippen molar-refractivity contribution in [2.45, 2.75) is 45.1 Å². The van der Waals surface area contributed by atoms with Crippen molar-refractivity contribution in [3.8, 4) is 0 Å². The van der Waals surface area contributed by atoms with E-state index in [2.05, 4.69) is 10.0 Å². The zero-order chi connectivity index (χ0) is 13.7. The van der Waals surface area contributed by atoms with Gasteiger partial charge in [0.25, 0.3) is 0 Å². The van der Waals surface area contributed by atoms with Gasteiger partial charge in [-0.3, -0.25) is 4.72 Å². The number of hydrogen-bond donors (Lipinski definition) is 2. The molecule has 2 N–H and O–H groups in total. The topological polar surface area (TPSA) is 58.2 Å². The SMILES string of the molecule is CCCS(=O)(=O)Nc1ccc(NC2CCCC2)cc1. The second-order valence-electron chi connectivity index (χ2n) is 5.12. The first-order valence-electron chi connectivity index (χ1n) is 6.96. The van der Waals surface area contributed by atoms with Crippen LogP contribution in [0.3, 0.4) is 0 Å². The summed E-state index contributed by atoms with van der Waals surface area (Å²) in [6.45, 7) is 1.86. The molecule has 5 heteroatoms. The van der Waals surface area contributed by atoms with E-state index < -0.39 is 10.0 Å². The molecule has 0 radical (unpaired) electrons. The summed E-state index contributed by atoms with van der Waals surface area (Å²) < 4.78 is 25.9. The summed E-state index contributed by atoms with van der Waals surface area (Å²) in [4.78, 5) is 0. The average molecular weight is 282 g/mol. The molecule has 1 fully saturated rings. The van der Waals surface area contributed by atoms with E-state index in [1.54, 1.807) is 0 Å². The third kappa shape index (κ3) is 4.42. The highest BCUT2D eigenvalue weighted by Gasteiger charge is 2.14. The Morgan fingerprint density at radius 1 is 1.11 bits per heavy atom. The molecular weight excluding hydrogens is 260 g/mol. The molecule has 0 aliphatic heterocycles. The number of rotatable bonds is 6. The molecule has 1 aliphatic rings. The fourth-order valence-corrected chi connectivity index (χ4v) is 3.57. The third-order valence-electron chi connectivity index (χ3n) is 3.36. The van der Waals surface area contributed by atoms with E-state index in [1.165, 1.54) is 25.7 Å². The van der Waals surface area contributed by atoms with E-state index in [-0.39, 0.29) is 5.75 Å². The summed E-state index contributed by atoms with van der Waals surface area (Å²) in [5.41, 5.74) is 1.69. The highest BCUT2D eigenvalue weighted by molar-refractivity contribution is 7.92. The molecule has 1 aliphatic carbocycles. The lowest BCUT2D eigenvalue weighted by molar-refractivity contribution is 0.600. The normalized spacial score (nSPS) is 16.5. The van der Waals surface area contributed by atoms with Crippen molar-refractivity contribution in [1.29, 1.82) is 0 Å². The van der Waals surface area contributed by atoms with Gasteiger partial charge in [0.15, 0.2) is 0 Å². The minimum absolute atomic E-state index is 0.162. The molecule has 0 aromatic heterocycles. The second-order valence-corrected chi connectivity index (χ2v) is 6.97. The molecule has 1 saturated carbocycles. The van der Waals surface area contributed by atoms with Crippen molar-refractivity contribution in [1.82, 2.24) is 0 Å². The van der Waals surface area contributed by atoms with Gasteiger partial charge in [0.2, 0.25) is 10.0 Å². The molecule has 1 aromatic rings. The summed E-state index contributed by atoms with van der Waals surface area (Å²) in [5.74, 6) is 0.162. The summed E-state index contributed by atoms with van der Waals surface area (Å²) in [5, 5.41) is 3.48. The fraction of sp³-hybridized carbons (Fsp3) is 0.571. The van der Waals surface area contributed by atoms with Crippen molar-refractivity contribution in [2.24, 2.45) is 0 Å². The van der Waals surface area contributed by atoms with E-state index in [4.69, 9.17) is 0 Å². The van der Waals surface area contributed by atoms with Crippen LogP contribution in [0.25, 0.3) is 0 Å². The van der Waals surface area contributed by atoms with Crippen LogP contribution < -0.4 is 10.0 Å². The highest BCUT2D eigenvalue weighted by Crippen LogP contribution is 2.23. The van der Waals surface area contributed by atoms with Crippen LogP contribution in [0.4, 0.5) is 11.4 Å². The number of anilines is 2. The minimum Gasteiger partial charge on any atom is -0.382 e. The first-order chi connectivity index (χ1) is 9.09. The van der Waals surface area contributed by atoms with Crippen molar-refractivity contribution < 1.29 is 8.42 Å². The van der Waals surface area contributed by atoms with Crippen LogP contribution in [0, 0.1) is 0 Å². The van der Waals surface area contributed by atoms with E-state index >= 15 is 0 Å². The number of sulfonamides is 1. The van der Waals surface area contributed by atoms with Crippen LogP contribution in [0.5, 0.6) is 0 Å². The third-order valence-corrected chi connectivity index (χ3v) is 4.85. The van der Waals surface area contributed by atoms with Gasteiger partial charge in [0.05, 0.1) is 5.75 Å². The van der Waals surface area contributed by atoms with Crippen LogP contribution in [-0.4, -0.2) is 20.2 Å². The van der Waals surface area contributed by atoms with Crippen molar-refractivity contribution in [3.63, 3.8) is 0 Å². The maximum atomic E-state index is 11.6. The molecule has 0 unspecified atom stereocenters. The van der Waals surface area contributed by atoms with Crippen LogP contribution in [0.1, 0.15) is 39.0 Å². The molecule has 4 nitrogen and oxygen atoms in total. The second kappa shape index (κ2) is 6.28. The zero-order valence-corrected chi connectivity index (χ0v) is 12.2. The van der Waals surface area contributed by atoms with Crippen molar-refractivity contribution in [2.75, 3.05) is 15.8 Å². The monoisotopic (exact) mass is 282 g/mol. The summed E-state index contributed by atoms with van der Waals surface area (Å²) >= 11 is 0. The summed E-state index contributed by atoms with van der Waals surface area (Å²) in [6, 6.07) is 8.06. The van der Waals surface area contributed by atoms with Crippen molar-refractivity contribution >= 4 is 21.4 Å². The quantitative estimate of drug-likeness (QED) is 0.842. The Hall–Kier alpha value is -1.23. The predicted molar refractivity (Wildman–Crippen MR) is 80.0 cm³/mol. The predicted octanol–water partition coefficient (Wildman–Crippen LogP) is 3.19. The Labute approximate surface area is 115 Å². The molecule has 0 saturated heterocycles. The van der Waals surface area contributed by atoms with Crippen LogP contribution in [-0.2, 0) is 10.0 Å². The first kappa shape index (κ1) is 14.2. The largest absolute Gasteiger partial charge is 0.382 e. The molecule has 106 valence electrons. The van der Waals surface area contributed by atoms with E-state index in [0.29, 0.717) is 18.2 Å². The lowest BCUT2D eigenvalue weighted by atomic mass is 10.2. The van der Waals surface area contributed by atoms with Crippen LogP contribution in [0.2, 0.25) is 0 Å². The Morgan fingerprint density at radius 2 is 1.68 bits per heavy atom. The Morgan fingerprint density at radius 3 is 2.26 bits per heavy atom. The van der Waals surface area contributed by atoms with E-state index in [0.717, 1.165) is 5.69 Å². The Balaban J connectivity index is 1.94. The number of nitrogens with one attached hydrogen (secondary N) is 2. The number of benzene rings is 1. The molecule has 2 rings (SSSR count). The maximum Gasteiger partial charge on any atom is 0.232 e. The highest BCUT2D eigenvalue weighted by atomic mass is 32.2. The van der Waals surface area contributed by atoms with Gasteiger partial charge in [-0.15, -0.1) is 0 Å². The van der Waals surface area contributed by atoms with Crippen molar-refractivity contribution in [3.05, 3.63) is 24.3 Å². The standard InChI is InChI=1S/C14H22N2O2S/c1-2-11-19(17,18)16-14-9-7-13(8-10-14)15-12-5-3-4-6-12/h7-10,12,15-16H,2-6,11H2,1H3. The van der Waals surface area contributed by atoms with Crippen LogP contribution >= 0.6 is 0 Å². The molecule has 1 aromatic carbocycles. The zero-order valence-electron chi connectivity index (χ0n) is 11.4. The average Bonchev–Trinajstić information content (AvgIpc) is 2.84. The molecule has 0 amide bonds.